The third-order valence-electron chi connectivity index (χ3n) is 5.13. The second-order valence-electron chi connectivity index (χ2n) is 7.14. The molecule has 3 amide bonds. The molecule has 0 bridgehead atoms. The molecule has 4 rings (SSSR count). The molecule has 1 saturated carbocycles. The number of carbonyl (C=O) groups is 3. The SMILES string of the molecule is O=C(CCN1C(=O)c2ccc(Br)cc2C1=O)NC(c1ccc(Cl)cc1)C1CC1. The van der Waals surface area contributed by atoms with Crippen LogP contribution >= 0.6 is 27.5 Å². The normalized spacial score (nSPS) is 16.9. The van der Waals surface area contributed by atoms with Crippen molar-refractivity contribution in [3.8, 4) is 0 Å². The molecule has 0 spiro atoms. The van der Waals surface area contributed by atoms with Crippen molar-refractivity contribution in [3.63, 3.8) is 0 Å². The fraction of sp³-hybridized carbons (Fsp3) is 0.286. The lowest BCUT2D eigenvalue weighted by molar-refractivity contribution is -0.122. The number of hydrogen-bond donors (Lipinski definition) is 1. The molecule has 2 aromatic rings. The molecule has 2 aromatic carbocycles. The monoisotopic (exact) mass is 460 g/mol. The van der Waals surface area contributed by atoms with Gasteiger partial charge >= 0.3 is 0 Å². The molecule has 7 heteroatoms. The van der Waals surface area contributed by atoms with Crippen LogP contribution in [0.25, 0.3) is 0 Å². The Morgan fingerprint density at radius 2 is 1.79 bits per heavy atom. The van der Waals surface area contributed by atoms with E-state index in [9.17, 15) is 14.4 Å². The third kappa shape index (κ3) is 3.84. The maximum absolute atomic E-state index is 12.5. The van der Waals surface area contributed by atoms with E-state index in [0.717, 1.165) is 27.8 Å². The summed E-state index contributed by atoms with van der Waals surface area (Å²) in [6.45, 7) is 0.0633. The van der Waals surface area contributed by atoms with Gasteiger partial charge in [0.2, 0.25) is 5.91 Å². The van der Waals surface area contributed by atoms with Crippen molar-refractivity contribution in [2.24, 2.45) is 5.92 Å². The first-order chi connectivity index (χ1) is 13.4. The molecule has 28 heavy (non-hydrogen) atoms. The topological polar surface area (TPSA) is 66.5 Å². The van der Waals surface area contributed by atoms with E-state index in [1.54, 1.807) is 18.2 Å². The molecule has 2 aliphatic rings. The molecule has 1 heterocycles. The Kier molecular flexibility index (Phi) is 5.25. The summed E-state index contributed by atoms with van der Waals surface area (Å²) in [6.07, 6.45) is 2.21. The standard InChI is InChI=1S/C21H18BrClN2O3/c22-14-5-8-16-17(11-14)21(28)25(20(16)27)10-9-18(26)24-19(12-1-2-12)13-3-6-15(23)7-4-13/h3-8,11-12,19H,1-2,9-10H2,(H,24,26). The Morgan fingerprint density at radius 1 is 1.11 bits per heavy atom. The van der Waals surface area contributed by atoms with Crippen molar-refractivity contribution in [2.45, 2.75) is 25.3 Å². The van der Waals surface area contributed by atoms with Crippen LogP contribution < -0.4 is 5.32 Å². The van der Waals surface area contributed by atoms with Gasteiger partial charge in [0.05, 0.1) is 17.2 Å². The van der Waals surface area contributed by atoms with Crippen LogP contribution in [-0.4, -0.2) is 29.2 Å². The number of nitrogens with zero attached hydrogens (tertiary/aromatic N) is 1. The first-order valence-corrected chi connectivity index (χ1v) is 10.3. The molecule has 1 aliphatic heterocycles. The number of nitrogens with one attached hydrogen (secondary N) is 1. The highest BCUT2D eigenvalue weighted by Crippen LogP contribution is 2.41. The van der Waals surface area contributed by atoms with Gasteiger partial charge in [0, 0.05) is 22.5 Å². The molecule has 5 nitrogen and oxygen atoms in total. The zero-order valence-corrected chi connectivity index (χ0v) is 17.3. The Morgan fingerprint density at radius 3 is 2.46 bits per heavy atom. The van der Waals surface area contributed by atoms with Gasteiger partial charge in [-0.3, -0.25) is 19.3 Å². The molecule has 0 aromatic heterocycles. The van der Waals surface area contributed by atoms with Crippen LogP contribution in [0, 0.1) is 5.92 Å². The first kappa shape index (κ1) is 19.2. The number of halogens is 2. The van der Waals surface area contributed by atoms with Crippen LogP contribution in [0.1, 0.15) is 51.6 Å². The molecule has 1 atom stereocenters. The van der Waals surface area contributed by atoms with Crippen molar-refractivity contribution in [3.05, 3.63) is 68.7 Å². The molecule has 144 valence electrons. The summed E-state index contributed by atoms with van der Waals surface area (Å²) in [7, 11) is 0. The number of carbonyl (C=O) groups excluding carboxylic acids is 3. The summed E-state index contributed by atoms with van der Waals surface area (Å²) in [5.74, 6) is -0.464. The zero-order valence-electron chi connectivity index (χ0n) is 15.0. The third-order valence-corrected chi connectivity index (χ3v) is 5.88. The second kappa shape index (κ2) is 7.68. The Labute approximate surface area is 176 Å². The van der Waals surface area contributed by atoms with Gasteiger partial charge in [0.1, 0.15) is 0 Å². The summed E-state index contributed by atoms with van der Waals surface area (Å²) in [5, 5.41) is 3.71. The highest BCUT2D eigenvalue weighted by molar-refractivity contribution is 9.10. The van der Waals surface area contributed by atoms with Gasteiger partial charge in [-0.25, -0.2) is 0 Å². The van der Waals surface area contributed by atoms with Gasteiger partial charge in [-0.1, -0.05) is 39.7 Å². The minimum Gasteiger partial charge on any atom is -0.349 e. The molecule has 1 fully saturated rings. The van der Waals surface area contributed by atoms with E-state index in [-0.39, 0.29) is 36.7 Å². The van der Waals surface area contributed by atoms with Crippen LogP contribution in [0.15, 0.2) is 46.9 Å². The predicted octanol–water partition coefficient (Wildman–Crippen LogP) is 4.36. The fourth-order valence-electron chi connectivity index (χ4n) is 3.50. The van der Waals surface area contributed by atoms with Crippen LogP contribution in [0.4, 0.5) is 0 Å². The Balaban J connectivity index is 1.40. The number of fused-ring (bicyclic) bond motifs is 1. The van der Waals surface area contributed by atoms with Gasteiger partial charge in [-0.2, -0.15) is 0 Å². The van der Waals surface area contributed by atoms with Crippen molar-refractivity contribution in [1.29, 1.82) is 0 Å². The van der Waals surface area contributed by atoms with E-state index in [4.69, 9.17) is 11.6 Å². The van der Waals surface area contributed by atoms with E-state index in [2.05, 4.69) is 21.2 Å². The predicted molar refractivity (Wildman–Crippen MR) is 109 cm³/mol. The average Bonchev–Trinajstić information content (AvgIpc) is 3.48. The van der Waals surface area contributed by atoms with Crippen LogP contribution in [0.2, 0.25) is 5.02 Å². The van der Waals surface area contributed by atoms with Gasteiger partial charge < -0.3 is 5.32 Å². The Bertz CT molecular complexity index is 957. The summed E-state index contributed by atoms with van der Waals surface area (Å²) in [6, 6.07) is 12.4. The zero-order chi connectivity index (χ0) is 19.8. The van der Waals surface area contributed by atoms with Gasteiger partial charge in [0.15, 0.2) is 0 Å². The maximum atomic E-state index is 12.5. The average molecular weight is 462 g/mol. The van der Waals surface area contributed by atoms with Crippen molar-refractivity contribution in [2.75, 3.05) is 6.54 Å². The first-order valence-electron chi connectivity index (χ1n) is 9.14. The molecular weight excluding hydrogens is 444 g/mol. The quantitative estimate of drug-likeness (QED) is 0.650. The molecule has 1 aliphatic carbocycles. The molecule has 1 N–H and O–H groups in total. The van der Waals surface area contributed by atoms with Gasteiger partial charge in [0.25, 0.3) is 11.8 Å². The lowest BCUT2D eigenvalue weighted by atomic mass is 10.0. The highest BCUT2D eigenvalue weighted by atomic mass is 79.9. The van der Waals surface area contributed by atoms with E-state index in [0.29, 0.717) is 22.1 Å². The number of amides is 3. The lowest BCUT2D eigenvalue weighted by Crippen LogP contribution is -2.36. The van der Waals surface area contributed by atoms with Gasteiger partial charge in [-0.15, -0.1) is 0 Å². The summed E-state index contributed by atoms with van der Waals surface area (Å²) >= 11 is 9.27. The highest BCUT2D eigenvalue weighted by Gasteiger charge is 2.36. The molecule has 0 radical (unpaired) electrons. The van der Waals surface area contributed by atoms with E-state index >= 15 is 0 Å². The fourth-order valence-corrected chi connectivity index (χ4v) is 3.99. The van der Waals surface area contributed by atoms with E-state index in [1.165, 1.54) is 0 Å². The number of benzene rings is 2. The van der Waals surface area contributed by atoms with E-state index < -0.39 is 0 Å². The smallest absolute Gasteiger partial charge is 0.261 e. The number of imide groups is 1. The van der Waals surface area contributed by atoms with Crippen molar-refractivity contribution >= 4 is 45.3 Å². The second-order valence-corrected chi connectivity index (χ2v) is 8.49. The summed E-state index contributed by atoms with van der Waals surface area (Å²) in [5.41, 5.74) is 1.77. The number of rotatable bonds is 6. The van der Waals surface area contributed by atoms with Crippen LogP contribution in [-0.2, 0) is 4.79 Å². The van der Waals surface area contributed by atoms with Crippen molar-refractivity contribution < 1.29 is 14.4 Å². The molecule has 1 unspecified atom stereocenters. The van der Waals surface area contributed by atoms with Crippen LogP contribution in [0.3, 0.4) is 0 Å². The van der Waals surface area contributed by atoms with E-state index in [1.807, 2.05) is 24.3 Å². The minimum atomic E-state index is -0.356. The number of hydrogen-bond acceptors (Lipinski definition) is 3. The molecular formula is C21H18BrClN2O3. The van der Waals surface area contributed by atoms with Crippen molar-refractivity contribution in [1.82, 2.24) is 10.2 Å². The largest absolute Gasteiger partial charge is 0.349 e. The molecule has 0 saturated heterocycles. The van der Waals surface area contributed by atoms with Gasteiger partial charge in [-0.05, 0) is 54.7 Å². The summed E-state index contributed by atoms with van der Waals surface area (Å²) in [4.78, 5) is 38.6. The minimum absolute atomic E-state index is 0.0633. The Hall–Kier alpha value is -2.18. The maximum Gasteiger partial charge on any atom is 0.261 e. The summed E-state index contributed by atoms with van der Waals surface area (Å²) < 4.78 is 0.738. The van der Waals surface area contributed by atoms with Crippen LogP contribution in [0.5, 0.6) is 0 Å². The lowest BCUT2D eigenvalue weighted by Gasteiger charge is -2.20.